The molecule has 0 aliphatic carbocycles. The first-order valence-electron chi connectivity index (χ1n) is 7.78. The second kappa shape index (κ2) is 7.30. The molecule has 1 aliphatic heterocycles. The fourth-order valence-electron chi connectivity index (χ4n) is 2.83. The monoisotopic (exact) mass is 362 g/mol. The van der Waals surface area contributed by atoms with Gasteiger partial charge in [0.25, 0.3) is 11.4 Å². The average molecular weight is 362 g/mol. The number of nitro groups is 2. The molecule has 138 valence electrons. The third-order valence-electron chi connectivity index (χ3n) is 3.77. The van der Waals surface area contributed by atoms with Crippen LogP contribution in [0.15, 0.2) is 41.0 Å². The first kappa shape index (κ1) is 19.0. The van der Waals surface area contributed by atoms with Crippen LogP contribution in [-0.2, 0) is 9.53 Å². The van der Waals surface area contributed by atoms with Crippen molar-refractivity contribution in [1.82, 2.24) is 10.3 Å². The molecule has 10 nitrogen and oxygen atoms in total. The number of hydrogen-bond donors (Lipinski definition) is 1. The van der Waals surface area contributed by atoms with Crippen LogP contribution < -0.4 is 5.32 Å². The number of ether oxygens (including phenoxy) is 1. The van der Waals surface area contributed by atoms with Crippen molar-refractivity contribution in [1.29, 1.82) is 0 Å². The van der Waals surface area contributed by atoms with Gasteiger partial charge in [0, 0.05) is 18.0 Å². The predicted molar refractivity (Wildman–Crippen MR) is 90.4 cm³/mol. The van der Waals surface area contributed by atoms with E-state index in [-0.39, 0.29) is 22.7 Å². The first-order valence-corrected chi connectivity index (χ1v) is 7.78. The van der Waals surface area contributed by atoms with Gasteiger partial charge in [0.15, 0.2) is 0 Å². The molecule has 1 atom stereocenters. The molecule has 26 heavy (non-hydrogen) atoms. The Kier molecular flexibility index (Phi) is 5.34. The lowest BCUT2D eigenvalue weighted by Crippen LogP contribution is -2.33. The highest BCUT2D eigenvalue weighted by atomic mass is 16.6. The summed E-state index contributed by atoms with van der Waals surface area (Å²) in [6, 6.07) is 2.55. The molecule has 2 heterocycles. The topological polar surface area (TPSA) is 138 Å². The molecule has 10 heteroatoms. The molecule has 0 radical (unpaired) electrons. The number of carbonyl (C=O) groups excluding carboxylic acids is 1. The van der Waals surface area contributed by atoms with E-state index in [1.807, 2.05) is 0 Å². The minimum Gasteiger partial charge on any atom is -0.460 e. The summed E-state index contributed by atoms with van der Waals surface area (Å²) in [6.45, 7) is 6.29. The summed E-state index contributed by atoms with van der Waals surface area (Å²) in [5, 5.41) is 25.8. The molecule has 0 saturated carbocycles. The number of hydrogen-bond acceptors (Lipinski definition) is 8. The Morgan fingerprint density at radius 2 is 1.88 bits per heavy atom. The van der Waals surface area contributed by atoms with Crippen molar-refractivity contribution in [3.8, 4) is 0 Å². The third kappa shape index (κ3) is 3.53. The molecule has 0 unspecified atom stereocenters. The standard InChI is InChI=1S/C16H18N4O6/c1-8(2)26-16(21)12-9(3)18-10(4)15(20(24)25)13(12)14-11(19(22)23)6-5-7-17-14/h5-8,13,18H,1-4H3/t13-/m0/s1. The summed E-state index contributed by atoms with van der Waals surface area (Å²) >= 11 is 0. The van der Waals surface area contributed by atoms with E-state index in [0.29, 0.717) is 5.70 Å². The molecule has 0 bridgehead atoms. The Balaban J connectivity index is 2.75. The molecular weight excluding hydrogens is 344 g/mol. The molecule has 0 aromatic carbocycles. The molecule has 0 amide bonds. The number of allylic oxidation sites excluding steroid dienone is 3. The van der Waals surface area contributed by atoms with Gasteiger partial charge in [-0.2, -0.15) is 0 Å². The fourth-order valence-corrected chi connectivity index (χ4v) is 2.83. The Morgan fingerprint density at radius 1 is 1.23 bits per heavy atom. The van der Waals surface area contributed by atoms with Crippen molar-refractivity contribution in [2.24, 2.45) is 0 Å². The van der Waals surface area contributed by atoms with Gasteiger partial charge in [-0.3, -0.25) is 25.2 Å². The third-order valence-corrected chi connectivity index (χ3v) is 3.77. The molecule has 0 saturated heterocycles. The maximum atomic E-state index is 12.6. The maximum absolute atomic E-state index is 12.6. The molecule has 1 aromatic rings. The van der Waals surface area contributed by atoms with Crippen LogP contribution >= 0.6 is 0 Å². The summed E-state index contributed by atoms with van der Waals surface area (Å²) in [6.07, 6.45) is 0.825. The number of pyridine rings is 1. The zero-order valence-electron chi connectivity index (χ0n) is 14.7. The lowest BCUT2D eigenvalue weighted by molar-refractivity contribution is -0.431. The lowest BCUT2D eigenvalue weighted by Gasteiger charge is -2.26. The minimum absolute atomic E-state index is 0.0715. The second-order valence-electron chi connectivity index (χ2n) is 5.98. The summed E-state index contributed by atoms with van der Waals surface area (Å²) in [7, 11) is 0. The summed E-state index contributed by atoms with van der Waals surface area (Å²) < 4.78 is 5.20. The highest BCUT2D eigenvalue weighted by Gasteiger charge is 2.44. The molecule has 1 aromatic heterocycles. The number of nitrogens with zero attached hydrogens (tertiary/aromatic N) is 3. The van der Waals surface area contributed by atoms with E-state index in [2.05, 4.69) is 10.3 Å². The van der Waals surface area contributed by atoms with Crippen molar-refractivity contribution < 1.29 is 19.4 Å². The van der Waals surface area contributed by atoms with Crippen LogP contribution in [0, 0.1) is 20.2 Å². The minimum atomic E-state index is -1.32. The SMILES string of the molecule is CC1=C(C(=O)OC(C)C)[C@@H](c2ncccc2[N+](=O)[O-])C([N+](=O)[O-])=C(C)N1. The highest BCUT2D eigenvalue weighted by molar-refractivity contribution is 5.92. The Labute approximate surface area is 148 Å². The highest BCUT2D eigenvalue weighted by Crippen LogP contribution is 2.41. The van der Waals surface area contributed by atoms with Crippen LogP contribution in [0.1, 0.15) is 39.3 Å². The fraction of sp³-hybridized carbons (Fsp3) is 0.375. The van der Waals surface area contributed by atoms with E-state index in [0.717, 1.165) is 0 Å². The van der Waals surface area contributed by atoms with Gasteiger partial charge in [-0.1, -0.05) is 0 Å². The Hall–Kier alpha value is -3.30. The lowest BCUT2D eigenvalue weighted by atomic mass is 9.86. The van der Waals surface area contributed by atoms with E-state index in [9.17, 15) is 25.0 Å². The zero-order chi connectivity index (χ0) is 19.6. The molecule has 2 rings (SSSR count). The molecule has 1 aliphatic rings. The smallest absolute Gasteiger partial charge is 0.337 e. The van der Waals surface area contributed by atoms with Crippen molar-refractivity contribution >= 4 is 11.7 Å². The van der Waals surface area contributed by atoms with Crippen LogP contribution in [0.25, 0.3) is 0 Å². The van der Waals surface area contributed by atoms with E-state index < -0.39 is 33.5 Å². The van der Waals surface area contributed by atoms with Crippen molar-refractivity contribution in [3.05, 3.63) is 66.9 Å². The normalized spacial score (nSPS) is 17.2. The van der Waals surface area contributed by atoms with Gasteiger partial charge in [-0.15, -0.1) is 0 Å². The van der Waals surface area contributed by atoms with Crippen molar-refractivity contribution in [2.45, 2.75) is 39.7 Å². The summed E-state index contributed by atoms with van der Waals surface area (Å²) in [4.78, 5) is 38.3. The van der Waals surface area contributed by atoms with E-state index >= 15 is 0 Å². The van der Waals surface area contributed by atoms with Gasteiger partial charge in [0.1, 0.15) is 11.6 Å². The predicted octanol–water partition coefficient (Wildman–Crippen LogP) is 2.41. The number of dihydropyridines is 1. The van der Waals surface area contributed by atoms with Crippen molar-refractivity contribution in [3.63, 3.8) is 0 Å². The quantitative estimate of drug-likeness (QED) is 0.479. The maximum Gasteiger partial charge on any atom is 0.337 e. The van der Waals surface area contributed by atoms with Gasteiger partial charge >= 0.3 is 5.97 Å². The number of esters is 1. The second-order valence-corrected chi connectivity index (χ2v) is 5.98. The van der Waals surface area contributed by atoms with Gasteiger partial charge in [-0.05, 0) is 33.8 Å². The van der Waals surface area contributed by atoms with Gasteiger partial charge in [-0.25, -0.2) is 4.79 Å². The van der Waals surface area contributed by atoms with Crippen LogP contribution in [0.5, 0.6) is 0 Å². The van der Waals surface area contributed by atoms with Crippen LogP contribution in [-0.4, -0.2) is 26.9 Å². The Morgan fingerprint density at radius 3 is 2.42 bits per heavy atom. The molecule has 0 fully saturated rings. The van der Waals surface area contributed by atoms with E-state index in [1.165, 1.54) is 25.3 Å². The zero-order valence-corrected chi connectivity index (χ0v) is 14.7. The summed E-state index contributed by atoms with van der Waals surface area (Å²) in [5.74, 6) is -2.11. The van der Waals surface area contributed by atoms with Crippen LogP contribution in [0.3, 0.4) is 0 Å². The van der Waals surface area contributed by atoms with Crippen LogP contribution in [0.4, 0.5) is 5.69 Å². The van der Waals surface area contributed by atoms with Gasteiger partial charge in [0.05, 0.1) is 27.2 Å². The van der Waals surface area contributed by atoms with E-state index in [4.69, 9.17) is 4.74 Å². The number of aromatic nitrogens is 1. The molecule has 1 N–H and O–H groups in total. The van der Waals surface area contributed by atoms with Gasteiger partial charge in [0.2, 0.25) is 0 Å². The molecular formula is C16H18N4O6. The van der Waals surface area contributed by atoms with Crippen molar-refractivity contribution in [2.75, 3.05) is 0 Å². The number of rotatable bonds is 5. The average Bonchev–Trinajstić information content (AvgIpc) is 2.52. The summed E-state index contributed by atoms with van der Waals surface area (Å²) in [5.41, 5.74) is -0.539. The largest absolute Gasteiger partial charge is 0.460 e. The number of nitrogens with one attached hydrogen (secondary N) is 1. The number of carbonyl (C=O) groups is 1. The Bertz CT molecular complexity index is 843. The molecule has 0 spiro atoms. The first-order chi connectivity index (χ1) is 12.1. The van der Waals surface area contributed by atoms with Gasteiger partial charge < -0.3 is 10.1 Å². The van der Waals surface area contributed by atoms with Crippen LogP contribution in [0.2, 0.25) is 0 Å². The van der Waals surface area contributed by atoms with E-state index in [1.54, 1.807) is 20.8 Å².